The van der Waals surface area contributed by atoms with Gasteiger partial charge in [0.05, 0.1) is 11.4 Å². The molecule has 1 aliphatic rings. The van der Waals surface area contributed by atoms with Crippen LogP contribution in [0, 0.1) is 11.6 Å². The van der Waals surface area contributed by atoms with Gasteiger partial charge in [-0.05, 0) is 46.5 Å². The van der Waals surface area contributed by atoms with E-state index in [-0.39, 0.29) is 40.1 Å². The van der Waals surface area contributed by atoms with Crippen molar-refractivity contribution in [3.63, 3.8) is 0 Å². The standard InChI is InChI=1S/C28H20F2N2O3S/c29-24-11-12-25(30)26(36-27-17(15-33)6-5-13-31-27)22(24)14-32-28(34)35-16-23-20-9-3-1-7-18(20)19-8-2-4-10-21(19)23/h1-13,15,23H,14,16H2,(H,32,34). The fourth-order valence-corrected chi connectivity index (χ4v) is 5.33. The lowest BCUT2D eigenvalue weighted by molar-refractivity contribution is 0.112. The van der Waals surface area contributed by atoms with E-state index in [9.17, 15) is 18.4 Å². The SMILES string of the molecule is O=Cc1cccnc1Sc1c(F)ccc(F)c1CNC(=O)OCC1c2ccccc2-c2ccccc21. The highest BCUT2D eigenvalue weighted by Crippen LogP contribution is 2.44. The molecule has 0 atom stereocenters. The average molecular weight is 503 g/mol. The van der Waals surface area contributed by atoms with Crippen LogP contribution in [0.25, 0.3) is 11.1 Å². The van der Waals surface area contributed by atoms with Crippen molar-refractivity contribution in [3.05, 3.63) is 113 Å². The lowest BCUT2D eigenvalue weighted by Crippen LogP contribution is -2.26. The molecule has 36 heavy (non-hydrogen) atoms. The van der Waals surface area contributed by atoms with Gasteiger partial charge in [-0.2, -0.15) is 0 Å². The van der Waals surface area contributed by atoms with E-state index in [1.807, 2.05) is 48.5 Å². The summed E-state index contributed by atoms with van der Waals surface area (Å²) in [7, 11) is 0. The molecule has 4 aromatic rings. The molecule has 1 aromatic heterocycles. The number of hydrogen-bond acceptors (Lipinski definition) is 5. The first-order valence-electron chi connectivity index (χ1n) is 11.2. The average Bonchev–Trinajstić information content (AvgIpc) is 3.23. The molecular weight excluding hydrogens is 482 g/mol. The first kappa shape index (κ1) is 23.7. The molecule has 0 unspecified atom stereocenters. The van der Waals surface area contributed by atoms with E-state index < -0.39 is 17.7 Å². The molecule has 0 spiro atoms. The van der Waals surface area contributed by atoms with Gasteiger partial charge in [0.15, 0.2) is 6.29 Å². The van der Waals surface area contributed by atoms with E-state index >= 15 is 0 Å². The molecule has 0 saturated carbocycles. The largest absolute Gasteiger partial charge is 0.449 e. The summed E-state index contributed by atoms with van der Waals surface area (Å²) >= 11 is 0.827. The fourth-order valence-electron chi connectivity index (χ4n) is 4.34. The van der Waals surface area contributed by atoms with Crippen molar-refractivity contribution in [3.8, 4) is 11.1 Å². The number of carbonyl (C=O) groups is 2. The third kappa shape index (κ3) is 4.59. The number of fused-ring (bicyclic) bond motifs is 3. The van der Waals surface area contributed by atoms with E-state index in [2.05, 4.69) is 10.3 Å². The molecule has 1 N–H and O–H groups in total. The monoisotopic (exact) mass is 502 g/mol. The second-order valence-electron chi connectivity index (χ2n) is 8.13. The van der Waals surface area contributed by atoms with Gasteiger partial charge in [-0.3, -0.25) is 4.79 Å². The summed E-state index contributed by atoms with van der Waals surface area (Å²) < 4.78 is 34.8. The zero-order chi connectivity index (χ0) is 25.1. The quantitative estimate of drug-likeness (QED) is 0.298. The highest BCUT2D eigenvalue weighted by molar-refractivity contribution is 7.99. The number of nitrogens with one attached hydrogen (secondary N) is 1. The minimum atomic E-state index is -0.747. The summed E-state index contributed by atoms with van der Waals surface area (Å²) in [6, 6.07) is 21.0. The van der Waals surface area contributed by atoms with Crippen LogP contribution in [0.3, 0.4) is 0 Å². The maximum Gasteiger partial charge on any atom is 0.407 e. The highest BCUT2D eigenvalue weighted by Gasteiger charge is 2.29. The Morgan fingerprint density at radius 1 is 0.944 bits per heavy atom. The summed E-state index contributed by atoms with van der Waals surface area (Å²) in [5.74, 6) is -1.50. The van der Waals surface area contributed by atoms with Crippen LogP contribution in [0.2, 0.25) is 0 Å². The second-order valence-corrected chi connectivity index (χ2v) is 9.13. The minimum absolute atomic E-state index is 0.0593. The predicted molar refractivity (Wildman–Crippen MR) is 132 cm³/mol. The van der Waals surface area contributed by atoms with Crippen molar-refractivity contribution < 1.29 is 23.1 Å². The number of nitrogens with zero attached hydrogens (tertiary/aromatic N) is 1. The van der Waals surface area contributed by atoms with Gasteiger partial charge >= 0.3 is 6.09 Å². The van der Waals surface area contributed by atoms with Gasteiger partial charge in [-0.25, -0.2) is 18.6 Å². The first-order valence-corrected chi connectivity index (χ1v) is 12.0. The molecule has 5 nitrogen and oxygen atoms in total. The molecule has 180 valence electrons. The van der Waals surface area contributed by atoms with E-state index in [1.54, 1.807) is 6.07 Å². The van der Waals surface area contributed by atoms with E-state index in [0.717, 1.165) is 46.1 Å². The van der Waals surface area contributed by atoms with Crippen molar-refractivity contribution in [2.75, 3.05) is 6.61 Å². The Bertz CT molecular complexity index is 1420. The number of rotatable bonds is 7. The van der Waals surface area contributed by atoms with Crippen molar-refractivity contribution in [2.24, 2.45) is 0 Å². The molecule has 3 aromatic carbocycles. The number of amides is 1. The van der Waals surface area contributed by atoms with Gasteiger partial charge < -0.3 is 10.1 Å². The maximum atomic E-state index is 14.7. The van der Waals surface area contributed by atoms with E-state index in [1.165, 1.54) is 12.3 Å². The van der Waals surface area contributed by atoms with Crippen LogP contribution in [0.1, 0.15) is 33.0 Å². The zero-order valence-electron chi connectivity index (χ0n) is 18.9. The molecule has 1 aliphatic carbocycles. The Balaban J connectivity index is 1.29. The molecule has 0 aliphatic heterocycles. The lowest BCUT2D eigenvalue weighted by atomic mass is 9.98. The number of carbonyl (C=O) groups excluding carboxylic acids is 2. The summed E-state index contributed by atoms with van der Waals surface area (Å²) in [5, 5.41) is 2.76. The molecule has 1 amide bonds. The van der Waals surface area contributed by atoms with Crippen molar-refractivity contribution in [1.82, 2.24) is 10.3 Å². The van der Waals surface area contributed by atoms with Crippen molar-refractivity contribution >= 4 is 24.1 Å². The van der Waals surface area contributed by atoms with Crippen LogP contribution in [-0.4, -0.2) is 24.0 Å². The number of aromatic nitrogens is 1. The van der Waals surface area contributed by atoms with Crippen LogP contribution in [0.5, 0.6) is 0 Å². The number of benzene rings is 3. The number of alkyl carbamates (subject to hydrolysis) is 1. The molecule has 0 fully saturated rings. The van der Waals surface area contributed by atoms with Crippen LogP contribution < -0.4 is 5.32 Å². The van der Waals surface area contributed by atoms with Crippen LogP contribution in [-0.2, 0) is 11.3 Å². The van der Waals surface area contributed by atoms with Gasteiger partial charge in [-0.15, -0.1) is 0 Å². The van der Waals surface area contributed by atoms with Crippen LogP contribution >= 0.6 is 11.8 Å². The second kappa shape index (κ2) is 10.3. The number of halogens is 2. The van der Waals surface area contributed by atoms with Crippen LogP contribution in [0.4, 0.5) is 13.6 Å². The van der Waals surface area contributed by atoms with Gasteiger partial charge in [0.1, 0.15) is 23.3 Å². The van der Waals surface area contributed by atoms with Crippen molar-refractivity contribution in [1.29, 1.82) is 0 Å². The van der Waals surface area contributed by atoms with Gasteiger partial charge in [0, 0.05) is 23.2 Å². The normalized spacial score (nSPS) is 12.1. The van der Waals surface area contributed by atoms with Gasteiger partial charge in [-0.1, -0.05) is 60.3 Å². The zero-order valence-corrected chi connectivity index (χ0v) is 19.7. The van der Waals surface area contributed by atoms with Gasteiger partial charge in [0.2, 0.25) is 0 Å². The molecule has 8 heteroatoms. The molecule has 0 bridgehead atoms. The van der Waals surface area contributed by atoms with E-state index in [4.69, 9.17) is 4.74 Å². The topological polar surface area (TPSA) is 68.3 Å². The fraction of sp³-hybridized carbons (Fsp3) is 0.107. The number of aldehydes is 1. The Labute approximate surface area is 210 Å². The molecule has 0 radical (unpaired) electrons. The smallest absolute Gasteiger partial charge is 0.407 e. The minimum Gasteiger partial charge on any atom is -0.449 e. The third-order valence-electron chi connectivity index (χ3n) is 6.03. The Morgan fingerprint density at radius 3 is 2.31 bits per heavy atom. The summed E-state index contributed by atoms with van der Waals surface area (Å²) in [4.78, 5) is 27.9. The van der Waals surface area contributed by atoms with Crippen molar-refractivity contribution in [2.45, 2.75) is 22.4 Å². The third-order valence-corrected chi connectivity index (χ3v) is 7.21. The Morgan fingerprint density at radius 2 is 1.61 bits per heavy atom. The van der Waals surface area contributed by atoms with E-state index in [0.29, 0.717) is 6.29 Å². The Hall–Kier alpha value is -4.04. The lowest BCUT2D eigenvalue weighted by Gasteiger charge is -2.16. The first-order chi connectivity index (χ1) is 17.6. The van der Waals surface area contributed by atoms with Gasteiger partial charge in [0.25, 0.3) is 0 Å². The molecule has 1 heterocycles. The number of pyridine rings is 1. The summed E-state index contributed by atoms with van der Waals surface area (Å²) in [5.41, 5.74) is 4.55. The Kier molecular flexibility index (Phi) is 6.77. The molecule has 0 saturated heterocycles. The molecular formula is C28H20F2N2O3S. The summed E-state index contributed by atoms with van der Waals surface area (Å²) in [6.07, 6.45) is 1.31. The molecule has 5 rings (SSSR count). The van der Waals surface area contributed by atoms with Crippen LogP contribution in [0.15, 0.2) is 88.9 Å². The predicted octanol–water partition coefficient (Wildman–Crippen LogP) is 6.36. The highest BCUT2D eigenvalue weighted by atomic mass is 32.2. The summed E-state index contributed by atoms with van der Waals surface area (Å²) in [6.45, 7) is -0.199. The maximum absolute atomic E-state index is 14.7. The number of ether oxygens (including phenoxy) is 1. The number of hydrogen-bond donors (Lipinski definition) is 1.